The van der Waals surface area contributed by atoms with Gasteiger partial charge < -0.3 is 4.57 Å². The number of aliphatic imine (C=N–C) groups is 1. The van der Waals surface area contributed by atoms with Gasteiger partial charge in [0, 0.05) is 12.3 Å². The van der Waals surface area contributed by atoms with E-state index in [4.69, 9.17) is 0 Å². The maximum atomic E-state index is 4.66. The first-order valence-corrected chi connectivity index (χ1v) is 9.54. The van der Waals surface area contributed by atoms with Crippen molar-refractivity contribution in [2.24, 2.45) is 4.99 Å². The van der Waals surface area contributed by atoms with E-state index in [1.807, 2.05) is 0 Å². The second-order valence-corrected chi connectivity index (χ2v) is 10.2. The molecule has 1 aliphatic heterocycles. The smallest absolute Gasteiger partial charge is 0.120 e. The summed E-state index contributed by atoms with van der Waals surface area (Å²) in [5, 5.41) is 0. The first-order valence-electron chi connectivity index (χ1n) is 6.10. The van der Waals surface area contributed by atoms with Crippen LogP contribution in [0.3, 0.4) is 0 Å². The van der Waals surface area contributed by atoms with Gasteiger partial charge in [-0.25, -0.2) is 0 Å². The van der Waals surface area contributed by atoms with Crippen LogP contribution in [0.2, 0.25) is 19.6 Å². The Kier molecular flexibility index (Phi) is 4.12. The fraction of sp³-hybridized carbons (Fsp3) is 0.833. The maximum absolute atomic E-state index is 4.66. The van der Waals surface area contributed by atoms with Gasteiger partial charge in [-0.3, -0.25) is 4.99 Å². The molecular weight excluding hydrogens is 200 g/mol. The predicted molar refractivity (Wildman–Crippen MR) is 70.8 cm³/mol. The molecule has 2 atom stereocenters. The summed E-state index contributed by atoms with van der Waals surface area (Å²) in [6, 6.07) is 2.50. The molecule has 0 spiro atoms. The molecule has 0 amide bonds. The fourth-order valence-electron chi connectivity index (χ4n) is 2.59. The maximum Gasteiger partial charge on any atom is 0.120 e. The monoisotopic (exact) mass is 225 g/mol. The zero-order chi connectivity index (χ0) is 11.6. The van der Waals surface area contributed by atoms with Crippen molar-refractivity contribution in [1.82, 2.24) is 4.57 Å². The Balaban J connectivity index is 2.96. The Morgan fingerprint density at radius 2 is 1.93 bits per heavy atom. The lowest BCUT2D eigenvalue weighted by atomic mass is 10.0. The average Bonchev–Trinajstić information content (AvgIpc) is 2.15. The van der Waals surface area contributed by atoms with Crippen molar-refractivity contribution in [2.75, 3.05) is 0 Å². The molecule has 1 rings (SSSR count). The lowest BCUT2D eigenvalue weighted by molar-refractivity contribution is 0.332. The molecule has 0 aliphatic carbocycles. The second-order valence-electron chi connectivity index (χ2n) is 5.35. The zero-order valence-corrected chi connectivity index (χ0v) is 12.0. The highest BCUT2D eigenvalue weighted by atomic mass is 28.3. The molecule has 15 heavy (non-hydrogen) atoms. The van der Waals surface area contributed by atoms with Crippen molar-refractivity contribution in [3.8, 4) is 0 Å². The van der Waals surface area contributed by atoms with Crippen LogP contribution in [0, 0.1) is 6.04 Å². The SMILES string of the molecule is CC[C]1C(CC)N=CC(C)N1[Si](C)(C)C. The van der Waals surface area contributed by atoms with Crippen molar-refractivity contribution in [1.29, 1.82) is 0 Å². The summed E-state index contributed by atoms with van der Waals surface area (Å²) in [4.78, 5) is 4.66. The van der Waals surface area contributed by atoms with Gasteiger partial charge in [0.25, 0.3) is 0 Å². The molecule has 0 saturated heterocycles. The highest BCUT2D eigenvalue weighted by Crippen LogP contribution is 2.32. The minimum atomic E-state index is -1.26. The molecule has 1 heterocycles. The number of hydrogen-bond acceptors (Lipinski definition) is 2. The van der Waals surface area contributed by atoms with Crippen LogP contribution in [-0.4, -0.2) is 31.1 Å². The topological polar surface area (TPSA) is 15.6 Å². The minimum absolute atomic E-state index is 0.443. The molecule has 0 fully saturated rings. The van der Waals surface area contributed by atoms with Gasteiger partial charge in [-0.05, 0) is 19.8 Å². The van der Waals surface area contributed by atoms with Gasteiger partial charge in [-0.15, -0.1) is 0 Å². The Bertz CT molecular complexity index is 232. The van der Waals surface area contributed by atoms with Crippen molar-refractivity contribution >= 4 is 14.5 Å². The Morgan fingerprint density at radius 1 is 1.33 bits per heavy atom. The van der Waals surface area contributed by atoms with Crippen LogP contribution < -0.4 is 0 Å². The standard InChI is InChI=1S/C12H25N2Si/c1-7-11-12(8-2)14(15(4,5)6)10(3)9-13-11/h9-11H,7-8H2,1-6H3. The Hall–Kier alpha value is -0.153. The molecule has 0 N–H and O–H groups in total. The van der Waals surface area contributed by atoms with Gasteiger partial charge in [0.15, 0.2) is 0 Å². The Labute approximate surface area is 95.9 Å². The van der Waals surface area contributed by atoms with E-state index in [0.29, 0.717) is 12.1 Å². The van der Waals surface area contributed by atoms with Crippen LogP contribution in [0.4, 0.5) is 0 Å². The molecule has 2 unspecified atom stereocenters. The third kappa shape index (κ3) is 2.70. The van der Waals surface area contributed by atoms with E-state index in [1.54, 1.807) is 6.04 Å². The van der Waals surface area contributed by atoms with Crippen LogP contribution in [0.15, 0.2) is 4.99 Å². The van der Waals surface area contributed by atoms with Gasteiger partial charge in [0.1, 0.15) is 8.24 Å². The molecule has 1 radical (unpaired) electrons. The highest BCUT2D eigenvalue weighted by Gasteiger charge is 2.39. The molecule has 3 heteroatoms. The first kappa shape index (κ1) is 12.9. The van der Waals surface area contributed by atoms with Crippen molar-refractivity contribution < 1.29 is 0 Å². The summed E-state index contributed by atoms with van der Waals surface area (Å²) >= 11 is 0. The lowest BCUT2D eigenvalue weighted by Crippen LogP contribution is -2.57. The van der Waals surface area contributed by atoms with Crippen LogP contribution >= 0.6 is 0 Å². The lowest BCUT2D eigenvalue weighted by Gasteiger charge is -2.47. The summed E-state index contributed by atoms with van der Waals surface area (Å²) in [6.07, 6.45) is 4.42. The molecule has 0 aromatic carbocycles. The van der Waals surface area contributed by atoms with E-state index in [1.165, 1.54) is 0 Å². The third-order valence-corrected chi connectivity index (χ3v) is 5.19. The Morgan fingerprint density at radius 3 is 2.33 bits per heavy atom. The second kappa shape index (κ2) is 4.79. The number of rotatable bonds is 3. The molecule has 1 aliphatic rings. The van der Waals surface area contributed by atoms with Gasteiger partial charge in [-0.2, -0.15) is 0 Å². The average molecular weight is 225 g/mol. The van der Waals surface area contributed by atoms with Gasteiger partial charge in [-0.1, -0.05) is 33.5 Å². The van der Waals surface area contributed by atoms with Crippen LogP contribution in [0.1, 0.15) is 33.6 Å². The molecule has 0 aromatic rings. The van der Waals surface area contributed by atoms with Crippen LogP contribution in [0.25, 0.3) is 0 Å². The summed E-state index contributed by atoms with van der Waals surface area (Å²) < 4.78 is 2.67. The van der Waals surface area contributed by atoms with Crippen molar-refractivity contribution in [3.05, 3.63) is 6.04 Å². The fourth-order valence-corrected chi connectivity index (χ4v) is 5.05. The zero-order valence-electron chi connectivity index (χ0n) is 11.0. The highest BCUT2D eigenvalue weighted by molar-refractivity contribution is 6.73. The largest absolute Gasteiger partial charge is 0.308 e. The van der Waals surface area contributed by atoms with Crippen LogP contribution in [0.5, 0.6) is 0 Å². The van der Waals surface area contributed by atoms with Crippen LogP contribution in [-0.2, 0) is 0 Å². The summed E-state index contributed by atoms with van der Waals surface area (Å²) in [6.45, 7) is 14.0. The molecule has 0 bridgehead atoms. The number of nitrogens with zero attached hydrogens (tertiary/aromatic N) is 2. The van der Waals surface area contributed by atoms with Gasteiger partial charge >= 0.3 is 0 Å². The summed E-state index contributed by atoms with van der Waals surface area (Å²) in [5.74, 6) is 0. The van der Waals surface area contributed by atoms with E-state index in [9.17, 15) is 0 Å². The number of hydrogen-bond donors (Lipinski definition) is 0. The van der Waals surface area contributed by atoms with E-state index in [2.05, 4.69) is 56.2 Å². The third-order valence-electron chi connectivity index (χ3n) is 3.05. The predicted octanol–water partition coefficient (Wildman–Crippen LogP) is 3.32. The quantitative estimate of drug-likeness (QED) is 0.673. The van der Waals surface area contributed by atoms with Gasteiger partial charge in [0.05, 0.1) is 12.1 Å². The van der Waals surface area contributed by atoms with E-state index >= 15 is 0 Å². The normalized spacial score (nSPS) is 29.7. The molecule has 87 valence electrons. The molecule has 0 aromatic heterocycles. The summed E-state index contributed by atoms with van der Waals surface area (Å²) in [5.41, 5.74) is 0. The first-order chi connectivity index (χ1) is 6.91. The van der Waals surface area contributed by atoms with E-state index < -0.39 is 8.24 Å². The van der Waals surface area contributed by atoms with Crippen molar-refractivity contribution in [2.45, 2.75) is 65.3 Å². The molecule has 0 saturated carbocycles. The molecule has 2 nitrogen and oxygen atoms in total. The minimum Gasteiger partial charge on any atom is -0.308 e. The van der Waals surface area contributed by atoms with Gasteiger partial charge in [0.2, 0.25) is 0 Å². The van der Waals surface area contributed by atoms with Crippen molar-refractivity contribution in [3.63, 3.8) is 0 Å². The molecular formula is C12H25N2Si. The van der Waals surface area contributed by atoms with E-state index in [-0.39, 0.29) is 0 Å². The summed E-state index contributed by atoms with van der Waals surface area (Å²) in [7, 11) is -1.26. The van der Waals surface area contributed by atoms with E-state index in [0.717, 1.165) is 12.8 Å².